The standard InChI is InChI=1S/C16H21N3OS/c1-3-21-14-6-4-12(5-7-14)15-18-16(20-19-15)13-8-9-17-11(2)10-13/h4-7,11,13,17H,3,8-10H2,1-2H3. The molecule has 1 aromatic heterocycles. The molecule has 0 spiro atoms. The quantitative estimate of drug-likeness (QED) is 0.873. The molecule has 2 atom stereocenters. The maximum absolute atomic E-state index is 5.49. The molecular weight excluding hydrogens is 282 g/mol. The number of rotatable bonds is 4. The Morgan fingerprint density at radius 1 is 1.33 bits per heavy atom. The fourth-order valence-electron chi connectivity index (χ4n) is 2.74. The summed E-state index contributed by atoms with van der Waals surface area (Å²) in [4.78, 5) is 5.88. The molecule has 0 amide bonds. The summed E-state index contributed by atoms with van der Waals surface area (Å²) in [5.74, 6) is 2.95. The van der Waals surface area contributed by atoms with E-state index in [0.29, 0.717) is 17.8 Å². The Balaban J connectivity index is 1.74. The molecule has 1 N–H and O–H groups in total. The van der Waals surface area contributed by atoms with Gasteiger partial charge in [0.1, 0.15) is 0 Å². The van der Waals surface area contributed by atoms with E-state index >= 15 is 0 Å². The van der Waals surface area contributed by atoms with E-state index in [-0.39, 0.29) is 0 Å². The van der Waals surface area contributed by atoms with Crippen LogP contribution in [0.3, 0.4) is 0 Å². The fourth-order valence-corrected chi connectivity index (χ4v) is 3.40. The van der Waals surface area contributed by atoms with Gasteiger partial charge in [-0.25, -0.2) is 0 Å². The molecule has 1 aliphatic heterocycles. The summed E-state index contributed by atoms with van der Waals surface area (Å²) in [7, 11) is 0. The van der Waals surface area contributed by atoms with Gasteiger partial charge in [-0.15, -0.1) is 11.8 Å². The van der Waals surface area contributed by atoms with Crippen molar-refractivity contribution in [1.29, 1.82) is 0 Å². The lowest BCUT2D eigenvalue weighted by Gasteiger charge is -2.25. The summed E-state index contributed by atoms with van der Waals surface area (Å²) in [5.41, 5.74) is 1.02. The van der Waals surface area contributed by atoms with Gasteiger partial charge < -0.3 is 9.84 Å². The van der Waals surface area contributed by atoms with Crippen molar-refractivity contribution in [2.24, 2.45) is 0 Å². The number of hydrogen-bond acceptors (Lipinski definition) is 5. The van der Waals surface area contributed by atoms with E-state index in [1.54, 1.807) is 0 Å². The highest BCUT2D eigenvalue weighted by Crippen LogP contribution is 2.28. The molecule has 21 heavy (non-hydrogen) atoms. The highest BCUT2D eigenvalue weighted by molar-refractivity contribution is 7.99. The molecule has 0 saturated carbocycles. The maximum atomic E-state index is 5.49. The average molecular weight is 303 g/mol. The minimum atomic E-state index is 0.387. The normalized spacial score (nSPS) is 22.4. The highest BCUT2D eigenvalue weighted by Gasteiger charge is 2.25. The first-order chi connectivity index (χ1) is 10.3. The van der Waals surface area contributed by atoms with Gasteiger partial charge in [-0.3, -0.25) is 0 Å². The smallest absolute Gasteiger partial charge is 0.230 e. The van der Waals surface area contributed by atoms with Gasteiger partial charge in [0.05, 0.1) is 0 Å². The van der Waals surface area contributed by atoms with Gasteiger partial charge in [0.2, 0.25) is 11.7 Å². The van der Waals surface area contributed by atoms with Crippen LogP contribution < -0.4 is 5.32 Å². The van der Waals surface area contributed by atoms with Crippen LogP contribution in [0.15, 0.2) is 33.7 Å². The minimum absolute atomic E-state index is 0.387. The molecule has 3 rings (SSSR count). The van der Waals surface area contributed by atoms with Crippen LogP contribution in [0.2, 0.25) is 0 Å². The number of piperidine rings is 1. The van der Waals surface area contributed by atoms with Gasteiger partial charge in [0.15, 0.2) is 0 Å². The summed E-state index contributed by atoms with van der Waals surface area (Å²) in [6, 6.07) is 8.89. The summed E-state index contributed by atoms with van der Waals surface area (Å²) in [5, 5.41) is 7.60. The van der Waals surface area contributed by atoms with Crippen LogP contribution >= 0.6 is 11.8 Å². The van der Waals surface area contributed by atoms with E-state index in [4.69, 9.17) is 4.52 Å². The highest BCUT2D eigenvalue weighted by atomic mass is 32.2. The Labute approximate surface area is 129 Å². The van der Waals surface area contributed by atoms with E-state index in [9.17, 15) is 0 Å². The molecule has 2 unspecified atom stereocenters. The molecule has 1 aliphatic rings. The van der Waals surface area contributed by atoms with Crippen molar-refractivity contribution in [2.75, 3.05) is 12.3 Å². The molecule has 4 nitrogen and oxygen atoms in total. The minimum Gasteiger partial charge on any atom is -0.339 e. The third-order valence-corrected chi connectivity index (χ3v) is 4.73. The van der Waals surface area contributed by atoms with Gasteiger partial charge in [-0.05, 0) is 56.3 Å². The number of thioether (sulfide) groups is 1. The van der Waals surface area contributed by atoms with Crippen molar-refractivity contribution in [2.45, 2.75) is 43.5 Å². The van der Waals surface area contributed by atoms with E-state index in [1.165, 1.54) is 4.90 Å². The Kier molecular flexibility index (Phi) is 4.60. The Bertz CT molecular complexity index is 581. The van der Waals surface area contributed by atoms with Crippen LogP contribution in [-0.2, 0) is 0 Å². The van der Waals surface area contributed by atoms with Gasteiger partial charge in [0, 0.05) is 22.4 Å². The molecule has 1 aromatic carbocycles. The first-order valence-electron chi connectivity index (χ1n) is 7.56. The topological polar surface area (TPSA) is 51.0 Å². The summed E-state index contributed by atoms with van der Waals surface area (Å²) in [6.45, 7) is 5.38. The first kappa shape index (κ1) is 14.6. The van der Waals surface area contributed by atoms with Crippen LogP contribution in [0.4, 0.5) is 0 Å². The Morgan fingerprint density at radius 2 is 2.14 bits per heavy atom. The zero-order chi connectivity index (χ0) is 14.7. The Morgan fingerprint density at radius 3 is 2.86 bits per heavy atom. The van der Waals surface area contributed by atoms with E-state index in [1.807, 2.05) is 11.8 Å². The number of benzene rings is 1. The molecule has 1 fully saturated rings. The van der Waals surface area contributed by atoms with Crippen molar-refractivity contribution >= 4 is 11.8 Å². The van der Waals surface area contributed by atoms with Crippen LogP contribution in [0, 0.1) is 0 Å². The first-order valence-corrected chi connectivity index (χ1v) is 8.55. The predicted octanol–water partition coefficient (Wildman–Crippen LogP) is 3.70. The number of hydrogen-bond donors (Lipinski definition) is 1. The van der Waals surface area contributed by atoms with Crippen LogP contribution in [0.25, 0.3) is 11.4 Å². The second-order valence-corrected chi connectivity index (χ2v) is 6.83. The SMILES string of the molecule is CCSc1ccc(-c2noc(C3CCNC(C)C3)n2)cc1. The number of nitrogens with one attached hydrogen (secondary N) is 1. The van der Waals surface area contributed by atoms with Gasteiger partial charge in [-0.1, -0.05) is 12.1 Å². The molecule has 2 aromatic rings. The zero-order valence-corrected chi connectivity index (χ0v) is 13.3. The second kappa shape index (κ2) is 6.62. The molecule has 2 heterocycles. The monoisotopic (exact) mass is 303 g/mol. The molecule has 0 radical (unpaired) electrons. The predicted molar refractivity (Wildman–Crippen MR) is 85.6 cm³/mol. The van der Waals surface area contributed by atoms with Crippen LogP contribution in [-0.4, -0.2) is 28.5 Å². The van der Waals surface area contributed by atoms with Crippen molar-refractivity contribution in [3.8, 4) is 11.4 Å². The van der Waals surface area contributed by atoms with Crippen molar-refractivity contribution in [1.82, 2.24) is 15.5 Å². The van der Waals surface area contributed by atoms with Gasteiger partial charge in [0.25, 0.3) is 0 Å². The summed E-state index contributed by atoms with van der Waals surface area (Å²) < 4.78 is 5.49. The molecule has 0 aliphatic carbocycles. The number of aromatic nitrogens is 2. The van der Waals surface area contributed by atoms with Crippen molar-refractivity contribution in [3.05, 3.63) is 30.2 Å². The third kappa shape index (κ3) is 3.47. The molecular formula is C16H21N3OS. The van der Waals surface area contributed by atoms with Gasteiger partial charge >= 0.3 is 0 Å². The second-order valence-electron chi connectivity index (χ2n) is 5.49. The van der Waals surface area contributed by atoms with Crippen molar-refractivity contribution < 1.29 is 4.52 Å². The Hall–Kier alpha value is -1.33. The molecule has 112 valence electrons. The van der Waals surface area contributed by atoms with Crippen LogP contribution in [0.1, 0.15) is 38.5 Å². The van der Waals surface area contributed by atoms with E-state index in [0.717, 1.165) is 36.6 Å². The average Bonchev–Trinajstić information content (AvgIpc) is 2.98. The summed E-state index contributed by atoms with van der Waals surface area (Å²) in [6.07, 6.45) is 2.13. The lowest BCUT2D eigenvalue weighted by Crippen LogP contribution is -2.34. The van der Waals surface area contributed by atoms with Crippen molar-refractivity contribution in [3.63, 3.8) is 0 Å². The lowest BCUT2D eigenvalue weighted by atomic mass is 9.93. The molecule has 5 heteroatoms. The zero-order valence-electron chi connectivity index (χ0n) is 12.5. The van der Waals surface area contributed by atoms with E-state index in [2.05, 4.69) is 53.6 Å². The largest absolute Gasteiger partial charge is 0.339 e. The summed E-state index contributed by atoms with van der Waals surface area (Å²) >= 11 is 1.84. The van der Waals surface area contributed by atoms with E-state index < -0.39 is 0 Å². The number of nitrogens with zero attached hydrogens (tertiary/aromatic N) is 2. The van der Waals surface area contributed by atoms with Gasteiger partial charge in [-0.2, -0.15) is 4.98 Å². The lowest BCUT2D eigenvalue weighted by molar-refractivity contribution is 0.295. The third-order valence-electron chi connectivity index (χ3n) is 3.84. The molecule has 0 bridgehead atoms. The maximum Gasteiger partial charge on any atom is 0.230 e. The fraction of sp³-hybridized carbons (Fsp3) is 0.500. The van der Waals surface area contributed by atoms with Crippen LogP contribution in [0.5, 0.6) is 0 Å². The molecule has 1 saturated heterocycles.